The molecule has 1 atom stereocenters. The van der Waals surface area contributed by atoms with Crippen molar-refractivity contribution in [2.75, 3.05) is 37.9 Å². The van der Waals surface area contributed by atoms with Gasteiger partial charge in [-0.1, -0.05) is 6.42 Å². The van der Waals surface area contributed by atoms with Crippen molar-refractivity contribution in [1.29, 1.82) is 0 Å². The van der Waals surface area contributed by atoms with Crippen LogP contribution >= 0.6 is 0 Å². The van der Waals surface area contributed by atoms with Crippen molar-refractivity contribution in [3.05, 3.63) is 0 Å². The smallest absolute Gasteiger partial charge is 0.215 e. The number of sulfone groups is 1. The van der Waals surface area contributed by atoms with Crippen LogP contribution in [0.4, 0.5) is 0 Å². The summed E-state index contributed by atoms with van der Waals surface area (Å²) in [5, 5.41) is 2.99. The van der Waals surface area contributed by atoms with Gasteiger partial charge in [-0.25, -0.2) is 16.8 Å². The minimum atomic E-state index is -3.47. The summed E-state index contributed by atoms with van der Waals surface area (Å²) in [5.74, 6) is -0.621. The SMILES string of the molecule is CNCC1CCCCN1S(=O)(=O)CCS(C)(=O)=O. The van der Waals surface area contributed by atoms with Gasteiger partial charge < -0.3 is 5.32 Å². The number of hydrogen-bond acceptors (Lipinski definition) is 5. The predicted molar refractivity (Wildman–Crippen MR) is 71.8 cm³/mol. The standard InChI is InChI=1S/C10H22N2O4S2/c1-11-9-10-5-3-4-6-12(10)18(15,16)8-7-17(2,13)14/h10-11H,3-9H2,1-2H3. The second-order valence-corrected chi connectivity index (χ2v) is 9.06. The quantitative estimate of drug-likeness (QED) is 0.710. The highest BCUT2D eigenvalue weighted by Crippen LogP contribution is 2.20. The second kappa shape index (κ2) is 6.31. The molecule has 1 unspecified atom stereocenters. The maximum absolute atomic E-state index is 12.2. The predicted octanol–water partition coefficient (Wildman–Crippen LogP) is -0.565. The molecule has 1 saturated heterocycles. The third-order valence-corrected chi connectivity index (χ3v) is 6.20. The molecule has 1 fully saturated rings. The monoisotopic (exact) mass is 298 g/mol. The Labute approximate surface area is 110 Å². The topological polar surface area (TPSA) is 83.6 Å². The molecule has 8 heteroatoms. The molecular weight excluding hydrogens is 276 g/mol. The number of hydrogen-bond donors (Lipinski definition) is 1. The summed E-state index contributed by atoms with van der Waals surface area (Å²) in [6.45, 7) is 1.11. The zero-order valence-electron chi connectivity index (χ0n) is 10.9. The summed E-state index contributed by atoms with van der Waals surface area (Å²) in [5.41, 5.74) is 0. The van der Waals surface area contributed by atoms with Crippen LogP contribution in [-0.2, 0) is 19.9 Å². The van der Waals surface area contributed by atoms with E-state index >= 15 is 0 Å². The van der Waals surface area contributed by atoms with E-state index in [4.69, 9.17) is 0 Å². The molecule has 1 heterocycles. The molecule has 0 aromatic heterocycles. The second-order valence-electron chi connectivity index (χ2n) is 4.76. The fourth-order valence-corrected chi connectivity index (χ4v) is 5.48. The van der Waals surface area contributed by atoms with Crippen LogP contribution in [0.5, 0.6) is 0 Å². The molecule has 0 radical (unpaired) electrons. The number of sulfonamides is 1. The molecule has 108 valence electrons. The Morgan fingerprint density at radius 1 is 1.17 bits per heavy atom. The lowest BCUT2D eigenvalue weighted by molar-refractivity contribution is 0.249. The Kier molecular flexibility index (Phi) is 5.57. The van der Waals surface area contributed by atoms with Crippen LogP contribution in [-0.4, -0.2) is 65.1 Å². The maximum atomic E-state index is 12.2. The van der Waals surface area contributed by atoms with Crippen molar-refractivity contribution in [2.45, 2.75) is 25.3 Å². The van der Waals surface area contributed by atoms with E-state index in [1.165, 1.54) is 4.31 Å². The van der Waals surface area contributed by atoms with Gasteiger partial charge in [-0.15, -0.1) is 0 Å². The van der Waals surface area contributed by atoms with Crippen molar-refractivity contribution in [2.24, 2.45) is 0 Å². The molecule has 1 aliphatic rings. The molecule has 1 rings (SSSR count). The van der Waals surface area contributed by atoms with E-state index in [9.17, 15) is 16.8 Å². The lowest BCUT2D eigenvalue weighted by atomic mass is 10.1. The number of nitrogens with one attached hydrogen (secondary N) is 1. The van der Waals surface area contributed by atoms with Crippen LogP contribution in [0.3, 0.4) is 0 Å². The first-order chi connectivity index (χ1) is 8.26. The van der Waals surface area contributed by atoms with Crippen LogP contribution in [0, 0.1) is 0 Å². The Bertz CT molecular complexity index is 456. The van der Waals surface area contributed by atoms with Gasteiger partial charge in [-0.2, -0.15) is 4.31 Å². The molecule has 0 saturated carbocycles. The third kappa shape index (κ3) is 4.83. The fourth-order valence-electron chi connectivity index (χ4n) is 2.15. The summed E-state index contributed by atoms with van der Waals surface area (Å²) >= 11 is 0. The fraction of sp³-hybridized carbons (Fsp3) is 1.00. The largest absolute Gasteiger partial charge is 0.318 e. The van der Waals surface area contributed by atoms with Gasteiger partial charge >= 0.3 is 0 Å². The van der Waals surface area contributed by atoms with Crippen molar-refractivity contribution in [1.82, 2.24) is 9.62 Å². The van der Waals surface area contributed by atoms with E-state index in [1.807, 2.05) is 0 Å². The van der Waals surface area contributed by atoms with Gasteiger partial charge in [0.25, 0.3) is 0 Å². The first-order valence-electron chi connectivity index (χ1n) is 6.08. The highest BCUT2D eigenvalue weighted by Gasteiger charge is 2.32. The Hall–Kier alpha value is -0.180. The van der Waals surface area contributed by atoms with Gasteiger partial charge in [0, 0.05) is 25.4 Å². The van der Waals surface area contributed by atoms with Crippen molar-refractivity contribution < 1.29 is 16.8 Å². The lowest BCUT2D eigenvalue weighted by Crippen LogP contribution is -2.49. The molecular formula is C10H22N2O4S2. The van der Waals surface area contributed by atoms with E-state index in [0.29, 0.717) is 13.1 Å². The van der Waals surface area contributed by atoms with E-state index in [2.05, 4.69) is 5.32 Å². The van der Waals surface area contributed by atoms with E-state index in [0.717, 1.165) is 25.5 Å². The van der Waals surface area contributed by atoms with Crippen molar-refractivity contribution in [3.8, 4) is 0 Å². The normalized spacial score (nSPS) is 23.1. The van der Waals surface area contributed by atoms with Gasteiger partial charge in [0.15, 0.2) is 0 Å². The van der Waals surface area contributed by atoms with Crippen molar-refractivity contribution >= 4 is 19.9 Å². The van der Waals surface area contributed by atoms with E-state index in [1.54, 1.807) is 7.05 Å². The molecule has 0 spiro atoms. The Balaban J connectivity index is 2.74. The van der Waals surface area contributed by atoms with Gasteiger partial charge in [0.2, 0.25) is 10.0 Å². The van der Waals surface area contributed by atoms with E-state index in [-0.39, 0.29) is 17.5 Å². The number of piperidine rings is 1. The summed E-state index contributed by atoms with van der Waals surface area (Å²) < 4.78 is 47.9. The van der Waals surface area contributed by atoms with E-state index < -0.39 is 19.9 Å². The zero-order chi connectivity index (χ0) is 13.8. The van der Waals surface area contributed by atoms with Crippen LogP contribution < -0.4 is 5.32 Å². The highest BCUT2D eigenvalue weighted by molar-refractivity contribution is 7.93. The van der Waals surface area contributed by atoms with Crippen LogP contribution in [0.2, 0.25) is 0 Å². The molecule has 1 aliphatic heterocycles. The first kappa shape index (κ1) is 15.9. The molecule has 0 amide bonds. The van der Waals surface area contributed by atoms with Crippen LogP contribution in [0.1, 0.15) is 19.3 Å². The highest BCUT2D eigenvalue weighted by atomic mass is 32.2. The zero-order valence-corrected chi connectivity index (χ0v) is 12.6. The molecule has 1 N–H and O–H groups in total. The Morgan fingerprint density at radius 2 is 1.83 bits per heavy atom. The molecule has 6 nitrogen and oxygen atoms in total. The minimum Gasteiger partial charge on any atom is -0.318 e. The molecule has 18 heavy (non-hydrogen) atoms. The summed E-state index contributed by atoms with van der Waals surface area (Å²) in [6.07, 6.45) is 3.76. The summed E-state index contributed by atoms with van der Waals surface area (Å²) in [4.78, 5) is 0. The minimum absolute atomic E-state index is 0.0479. The Morgan fingerprint density at radius 3 is 2.39 bits per heavy atom. The molecule has 0 aromatic rings. The number of likely N-dealkylation sites (N-methyl/N-ethyl adjacent to an activating group) is 1. The average molecular weight is 298 g/mol. The maximum Gasteiger partial charge on any atom is 0.215 e. The molecule has 0 bridgehead atoms. The number of rotatable bonds is 6. The van der Waals surface area contributed by atoms with Crippen LogP contribution in [0.25, 0.3) is 0 Å². The summed E-state index contributed by atoms with van der Waals surface area (Å²) in [7, 11) is -4.93. The van der Waals surface area contributed by atoms with Gasteiger partial charge in [-0.3, -0.25) is 0 Å². The van der Waals surface area contributed by atoms with Crippen LogP contribution in [0.15, 0.2) is 0 Å². The molecule has 0 aliphatic carbocycles. The van der Waals surface area contributed by atoms with Gasteiger partial charge in [-0.05, 0) is 19.9 Å². The van der Waals surface area contributed by atoms with Crippen molar-refractivity contribution in [3.63, 3.8) is 0 Å². The number of nitrogens with zero attached hydrogens (tertiary/aromatic N) is 1. The average Bonchev–Trinajstić information content (AvgIpc) is 2.27. The third-order valence-electron chi connectivity index (χ3n) is 3.08. The lowest BCUT2D eigenvalue weighted by Gasteiger charge is -2.34. The first-order valence-corrected chi connectivity index (χ1v) is 9.75. The molecule has 0 aromatic carbocycles. The van der Waals surface area contributed by atoms with Gasteiger partial charge in [0.05, 0.1) is 11.5 Å². The van der Waals surface area contributed by atoms with Gasteiger partial charge in [0.1, 0.15) is 9.84 Å². The summed E-state index contributed by atoms with van der Waals surface area (Å²) in [6, 6.07) is -0.0479.